The minimum absolute atomic E-state index is 0.257. The fourth-order valence-electron chi connectivity index (χ4n) is 2.23. The van der Waals surface area contributed by atoms with Crippen molar-refractivity contribution in [1.29, 1.82) is 0 Å². The fraction of sp³-hybridized carbons (Fsp3) is 0.250. The van der Waals surface area contributed by atoms with Crippen molar-refractivity contribution in [3.8, 4) is 0 Å². The number of nitrogens with two attached hydrogens (primary N) is 1. The molecule has 0 fully saturated rings. The van der Waals surface area contributed by atoms with Gasteiger partial charge in [0.25, 0.3) is 0 Å². The normalized spacial score (nSPS) is 12.4. The Labute approximate surface area is 127 Å². The summed E-state index contributed by atoms with van der Waals surface area (Å²) in [5, 5.41) is 0. The highest BCUT2D eigenvalue weighted by Crippen LogP contribution is 2.28. The second kappa shape index (κ2) is 6.97. The smallest absolute Gasteiger partial charge is 0.129 e. The standard InChI is InChI=1S/C16H18BrFN2/c1-2-11-6-8-12(9-7-11)10-15(20-19)16-13(17)4-3-5-14(16)18/h3-9,15,20H,2,10,19H2,1H3. The third kappa shape index (κ3) is 3.45. The van der Waals surface area contributed by atoms with Crippen LogP contribution in [0.1, 0.15) is 29.7 Å². The zero-order chi connectivity index (χ0) is 14.5. The van der Waals surface area contributed by atoms with Crippen molar-refractivity contribution in [2.45, 2.75) is 25.8 Å². The average Bonchev–Trinajstić information content (AvgIpc) is 2.46. The molecule has 0 saturated heterocycles. The summed E-state index contributed by atoms with van der Waals surface area (Å²) in [6.07, 6.45) is 1.65. The van der Waals surface area contributed by atoms with Crippen LogP contribution in [0.25, 0.3) is 0 Å². The van der Waals surface area contributed by atoms with Crippen molar-refractivity contribution >= 4 is 15.9 Å². The van der Waals surface area contributed by atoms with Crippen LogP contribution >= 0.6 is 15.9 Å². The van der Waals surface area contributed by atoms with E-state index < -0.39 is 0 Å². The molecule has 0 heterocycles. The van der Waals surface area contributed by atoms with Gasteiger partial charge in [-0.2, -0.15) is 0 Å². The Morgan fingerprint density at radius 1 is 1.15 bits per heavy atom. The lowest BCUT2D eigenvalue weighted by Crippen LogP contribution is -2.30. The number of nitrogens with one attached hydrogen (secondary N) is 1. The van der Waals surface area contributed by atoms with Gasteiger partial charge in [-0.25, -0.2) is 4.39 Å². The van der Waals surface area contributed by atoms with Gasteiger partial charge in [0.1, 0.15) is 5.82 Å². The molecule has 2 nitrogen and oxygen atoms in total. The first-order chi connectivity index (χ1) is 9.65. The maximum atomic E-state index is 14.0. The Hall–Kier alpha value is -1.23. The Kier molecular flexibility index (Phi) is 5.29. The molecule has 0 aromatic heterocycles. The number of hydrogen-bond acceptors (Lipinski definition) is 2. The van der Waals surface area contributed by atoms with Gasteiger partial charge >= 0.3 is 0 Å². The molecule has 0 aliphatic carbocycles. The summed E-state index contributed by atoms with van der Waals surface area (Å²) in [6, 6.07) is 13.0. The maximum absolute atomic E-state index is 14.0. The number of aryl methyl sites for hydroxylation is 1. The number of hydrazine groups is 1. The van der Waals surface area contributed by atoms with E-state index in [2.05, 4.69) is 52.5 Å². The third-order valence-corrected chi connectivity index (χ3v) is 4.11. The SMILES string of the molecule is CCc1ccc(CC(NN)c2c(F)cccc2Br)cc1. The maximum Gasteiger partial charge on any atom is 0.129 e. The molecule has 4 heteroatoms. The summed E-state index contributed by atoms with van der Waals surface area (Å²) in [7, 11) is 0. The summed E-state index contributed by atoms with van der Waals surface area (Å²) in [5.41, 5.74) is 5.69. The lowest BCUT2D eigenvalue weighted by atomic mass is 9.98. The van der Waals surface area contributed by atoms with E-state index in [1.807, 2.05) is 6.07 Å². The monoisotopic (exact) mass is 336 g/mol. The Balaban J connectivity index is 2.24. The van der Waals surface area contributed by atoms with Gasteiger partial charge in [0.05, 0.1) is 6.04 Å². The van der Waals surface area contributed by atoms with Crippen LogP contribution < -0.4 is 11.3 Å². The average molecular weight is 337 g/mol. The highest BCUT2D eigenvalue weighted by Gasteiger charge is 2.18. The number of rotatable bonds is 5. The van der Waals surface area contributed by atoms with Gasteiger partial charge < -0.3 is 0 Å². The predicted molar refractivity (Wildman–Crippen MR) is 83.7 cm³/mol. The molecule has 1 unspecified atom stereocenters. The van der Waals surface area contributed by atoms with E-state index in [1.165, 1.54) is 11.6 Å². The van der Waals surface area contributed by atoms with E-state index in [4.69, 9.17) is 5.84 Å². The van der Waals surface area contributed by atoms with Crippen LogP contribution in [0.5, 0.6) is 0 Å². The lowest BCUT2D eigenvalue weighted by Gasteiger charge is -2.19. The molecule has 2 aromatic carbocycles. The first-order valence-electron chi connectivity index (χ1n) is 6.63. The quantitative estimate of drug-likeness (QED) is 0.642. The van der Waals surface area contributed by atoms with Crippen LogP contribution in [0, 0.1) is 5.82 Å². The topological polar surface area (TPSA) is 38.0 Å². The van der Waals surface area contributed by atoms with Gasteiger partial charge in [0.15, 0.2) is 0 Å². The molecule has 1 atom stereocenters. The molecule has 0 saturated carbocycles. The molecule has 3 N–H and O–H groups in total. The summed E-state index contributed by atoms with van der Waals surface area (Å²) >= 11 is 3.39. The molecule has 0 bridgehead atoms. The van der Waals surface area contributed by atoms with Crippen LogP contribution in [-0.2, 0) is 12.8 Å². The number of hydrogen-bond donors (Lipinski definition) is 2. The van der Waals surface area contributed by atoms with E-state index in [0.717, 1.165) is 16.5 Å². The van der Waals surface area contributed by atoms with E-state index in [9.17, 15) is 4.39 Å². The molecule has 0 aliphatic rings. The van der Waals surface area contributed by atoms with Crippen LogP contribution in [0.3, 0.4) is 0 Å². The summed E-state index contributed by atoms with van der Waals surface area (Å²) in [5.74, 6) is 5.35. The van der Waals surface area contributed by atoms with Gasteiger partial charge in [-0.1, -0.05) is 53.2 Å². The molecule has 0 radical (unpaired) electrons. The molecule has 2 aromatic rings. The highest BCUT2D eigenvalue weighted by atomic mass is 79.9. The van der Waals surface area contributed by atoms with Crippen molar-refractivity contribution < 1.29 is 4.39 Å². The van der Waals surface area contributed by atoms with Crippen molar-refractivity contribution in [3.05, 3.63) is 69.4 Å². The molecule has 106 valence electrons. The molecule has 0 spiro atoms. The number of halogens is 2. The minimum Gasteiger partial charge on any atom is -0.271 e. The lowest BCUT2D eigenvalue weighted by molar-refractivity contribution is 0.508. The summed E-state index contributed by atoms with van der Waals surface area (Å²) < 4.78 is 14.7. The van der Waals surface area contributed by atoms with Gasteiger partial charge in [0, 0.05) is 10.0 Å². The molecular formula is C16H18BrFN2. The van der Waals surface area contributed by atoms with Crippen LogP contribution in [-0.4, -0.2) is 0 Å². The van der Waals surface area contributed by atoms with E-state index in [0.29, 0.717) is 12.0 Å². The van der Waals surface area contributed by atoms with Gasteiger partial charge in [0.2, 0.25) is 0 Å². The van der Waals surface area contributed by atoms with Crippen molar-refractivity contribution in [1.82, 2.24) is 5.43 Å². The van der Waals surface area contributed by atoms with Crippen LogP contribution in [0.2, 0.25) is 0 Å². The third-order valence-electron chi connectivity index (χ3n) is 3.42. The summed E-state index contributed by atoms with van der Waals surface area (Å²) in [4.78, 5) is 0. The van der Waals surface area contributed by atoms with Crippen LogP contribution in [0.4, 0.5) is 4.39 Å². The van der Waals surface area contributed by atoms with Crippen molar-refractivity contribution in [3.63, 3.8) is 0 Å². The van der Waals surface area contributed by atoms with Gasteiger partial charge in [-0.05, 0) is 36.1 Å². The van der Waals surface area contributed by atoms with Crippen molar-refractivity contribution in [2.24, 2.45) is 5.84 Å². The first kappa shape index (κ1) is 15.2. The second-order valence-electron chi connectivity index (χ2n) is 4.73. The zero-order valence-electron chi connectivity index (χ0n) is 11.4. The molecule has 2 rings (SSSR count). The zero-order valence-corrected chi connectivity index (χ0v) is 13.0. The van der Waals surface area contributed by atoms with Crippen LogP contribution in [0.15, 0.2) is 46.9 Å². The van der Waals surface area contributed by atoms with E-state index >= 15 is 0 Å². The number of benzene rings is 2. The van der Waals surface area contributed by atoms with Gasteiger partial charge in [-0.3, -0.25) is 11.3 Å². The minimum atomic E-state index is -0.266. The largest absolute Gasteiger partial charge is 0.271 e. The second-order valence-corrected chi connectivity index (χ2v) is 5.58. The Morgan fingerprint density at radius 2 is 1.80 bits per heavy atom. The van der Waals surface area contributed by atoms with E-state index in [1.54, 1.807) is 6.07 Å². The Morgan fingerprint density at radius 3 is 2.35 bits per heavy atom. The first-order valence-corrected chi connectivity index (χ1v) is 7.42. The fourth-order valence-corrected chi connectivity index (χ4v) is 2.85. The Bertz CT molecular complexity index is 549. The molecule has 20 heavy (non-hydrogen) atoms. The molecular weight excluding hydrogens is 319 g/mol. The van der Waals surface area contributed by atoms with E-state index in [-0.39, 0.29) is 11.9 Å². The van der Waals surface area contributed by atoms with Gasteiger partial charge in [-0.15, -0.1) is 0 Å². The highest BCUT2D eigenvalue weighted by molar-refractivity contribution is 9.10. The summed E-state index contributed by atoms with van der Waals surface area (Å²) in [6.45, 7) is 2.12. The van der Waals surface area contributed by atoms with Crippen molar-refractivity contribution in [2.75, 3.05) is 0 Å². The molecule has 0 amide bonds. The predicted octanol–water partition coefficient (Wildman–Crippen LogP) is 3.90. The molecule has 0 aliphatic heterocycles.